The summed E-state index contributed by atoms with van der Waals surface area (Å²) in [5.74, 6) is 0.625. The highest BCUT2D eigenvalue weighted by Gasteiger charge is 2.11. The van der Waals surface area contributed by atoms with Crippen molar-refractivity contribution in [1.82, 2.24) is 9.78 Å². The molecule has 70 valence electrons. The summed E-state index contributed by atoms with van der Waals surface area (Å²) in [6.07, 6.45) is 3.49. The van der Waals surface area contributed by atoms with E-state index in [2.05, 4.69) is 10.4 Å². The molecule has 4 nitrogen and oxygen atoms in total. The zero-order chi connectivity index (χ0) is 9.26. The molecule has 2 rings (SSSR count). The van der Waals surface area contributed by atoms with Crippen molar-refractivity contribution in [3.05, 3.63) is 11.8 Å². The number of anilines is 1. The topological polar surface area (TPSA) is 46.9 Å². The van der Waals surface area contributed by atoms with E-state index in [1.165, 1.54) is 25.5 Å². The molecule has 0 unspecified atom stereocenters. The van der Waals surface area contributed by atoms with Crippen LogP contribution in [0.25, 0.3) is 0 Å². The molecular weight excluding hydrogens is 166 g/mol. The van der Waals surface area contributed by atoms with E-state index in [1.54, 1.807) is 0 Å². The molecular formula is C9H13N3O. The van der Waals surface area contributed by atoms with Crippen LogP contribution in [0.3, 0.4) is 0 Å². The molecule has 4 heteroatoms. The average molecular weight is 179 g/mol. The SMILES string of the molecule is CC(=O)Nc1cc2n(n1)CCCC2. The summed E-state index contributed by atoms with van der Waals surface area (Å²) < 4.78 is 1.98. The number of aromatic nitrogens is 2. The summed E-state index contributed by atoms with van der Waals surface area (Å²) in [5, 5.41) is 6.97. The number of hydrogen-bond acceptors (Lipinski definition) is 2. The first-order valence-corrected chi connectivity index (χ1v) is 4.60. The van der Waals surface area contributed by atoms with Crippen molar-refractivity contribution in [3.8, 4) is 0 Å². The maximum Gasteiger partial charge on any atom is 0.222 e. The van der Waals surface area contributed by atoms with E-state index in [-0.39, 0.29) is 5.91 Å². The van der Waals surface area contributed by atoms with Gasteiger partial charge >= 0.3 is 0 Å². The Bertz CT molecular complexity index is 306. The third kappa shape index (κ3) is 1.71. The molecule has 1 aromatic rings. The number of carbonyl (C=O) groups excluding carboxylic acids is 1. The molecule has 13 heavy (non-hydrogen) atoms. The fraction of sp³-hybridized carbons (Fsp3) is 0.556. The van der Waals surface area contributed by atoms with Crippen molar-refractivity contribution in [1.29, 1.82) is 0 Å². The summed E-state index contributed by atoms with van der Waals surface area (Å²) in [7, 11) is 0. The lowest BCUT2D eigenvalue weighted by Crippen LogP contribution is -2.11. The van der Waals surface area contributed by atoms with Crippen molar-refractivity contribution in [2.24, 2.45) is 0 Å². The molecule has 0 radical (unpaired) electrons. The third-order valence-corrected chi connectivity index (χ3v) is 2.22. The molecule has 0 atom stereocenters. The average Bonchev–Trinajstić information content (AvgIpc) is 2.44. The van der Waals surface area contributed by atoms with Gasteiger partial charge in [-0.3, -0.25) is 9.48 Å². The first kappa shape index (κ1) is 8.29. The molecule has 0 aromatic carbocycles. The van der Waals surface area contributed by atoms with E-state index in [0.29, 0.717) is 5.82 Å². The highest BCUT2D eigenvalue weighted by Crippen LogP contribution is 2.17. The molecule has 2 heterocycles. The van der Waals surface area contributed by atoms with E-state index < -0.39 is 0 Å². The summed E-state index contributed by atoms with van der Waals surface area (Å²) in [6, 6.07) is 1.96. The minimum absolute atomic E-state index is 0.0598. The van der Waals surface area contributed by atoms with Crippen molar-refractivity contribution in [2.45, 2.75) is 32.7 Å². The fourth-order valence-electron chi connectivity index (χ4n) is 1.66. The zero-order valence-corrected chi connectivity index (χ0v) is 7.71. The van der Waals surface area contributed by atoms with Crippen molar-refractivity contribution >= 4 is 11.7 Å². The van der Waals surface area contributed by atoms with Gasteiger partial charge in [0.15, 0.2) is 5.82 Å². The van der Waals surface area contributed by atoms with Gasteiger partial charge in [-0.1, -0.05) is 0 Å². The van der Waals surface area contributed by atoms with Crippen molar-refractivity contribution < 1.29 is 4.79 Å². The molecule has 0 saturated heterocycles. The van der Waals surface area contributed by atoms with Crippen LogP contribution in [0.15, 0.2) is 6.07 Å². The number of hydrogen-bond donors (Lipinski definition) is 1. The van der Waals surface area contributed by atoms with Gasteiger partial charge in [0.1, 0.15) is 0 Å². The Balaban J connectivity index is 2.20. The van der Waals surface area contributed by atoms with Gasteiger partial charge in [0.2, 0.25) is 5.91 Å². The smallest absolute Gasteiger partial charge is 0.222 e. The number of nitrogens with zero attached hydrogens (tertiary/aromatic N) is 2. The minimum Gasteiger partial charge on any atom is -0.309 e. The maximum atomic E-state index is 10.8. The Kier molecular flexibility index (Phi) is 2.04. The molecule has 0 spiro atoms. The van der Waals surface area contributed by atoms with Crippen LogP contribution in [0.4, 0.5) is 5.82 Å². The summed E-state index contributed by atoms with van der Waals surface area (Å²) >= 11 is 0. The molecule has 1 aromatic heterocycles. The zero-order valence-electron chi connectivity index (χ0n) is 7.71. The van der Waals surface area contributed by atoms with E-state index in [9.17, 15) is 4.79 Å². The second-order valence-electron chi connectivity index (χ2n) is 3.38. The van der Waals surface area contributed by atoms with Crippen LogP contribution >= 0.6 is 0 Å². The van der Waals surface area contributed by atoms with Crippen LogP contribution in [-0.2, 0) is 17.8 Å². The second kappa shape index (κ2) is 3.20. The van der Waals surface area contributed by atoms with Crippen molar-refractivity contribution in [2.75, 3.05) is 5.32 Å². The molecule has 0 aliphatic carbocycles. The van der Waals surface area contributed by atoms with Crippen LogP contribution in [0.5, 0.6) is 0 Å². The highest BCUT2D eigenvalue weighted by molar-refractivity contribution is 5.87. The summed E-state index contributed by atoms with van der Waals surface area (Å²) in [4.78, 5) is 10.8. The number of fused-ring (bicyclic) bond motifs is 1. The van der Waals surface area contributed by atoms with Gasteiger partial charge in [0.05, 0.1) is 0 Å². The molecule has 1 aliphatic rings. The van der Waals surface area contributed by atoms with Crippen molar-refractivity contribution in [3.63, 3.8) is 0 Å². The highest BCUT2D eigenvalue weighted by atomic mass is 16.1. The second-order valence-corrected chi connectivity index (χ2v) is 3.38. The number of aryl methyl sites for hydroxylation is 2. The van der Waals surface area contributed by atoms with Crippen LogP contribution < -0.4 is 5.32 Å². The van der Waals surface area contributed by atoms with Crippen LogP contribution in [0.2, 0.25) is 0 Å². The lowest BCUT2D eigenvalue weighted by atomic mass is 10.1. The Morgan fingerprint density at radius 2 is 2.46 bits per heavy atom. The fourth-order valence-corrected chi connectivity index (χ4v) is 1.66. The molecule has 1 N–H and O–H groups in total. The first-order chi connectivity index (χ1) is 6.25. The van der Waals surface area contributed by atoms with E-state index in [4.69, 9.17) is 0 Å². The minimum atomic E-state index is -0.0598. The van der Waals surface area contributed by atoms with E-state index >= 15 is 0 Å². The Morgan fingerprint density at radius 1 is 1.62 bits per heavy atom. The van der Waals surface area contributed by atoms with Gasteiger partial charge in [0.25, 0.3) is 0 Å². The van der Waals surface area contributed by atoms with E-state index in [0.717, 1.165) is 13.0 Å². The summed E-state index contributed by atoms with van der Waals surface area (Å²) in [5.41, 5.74) is 1.23. The van der Waals surface area contributed by atoms with Crippen LogP contribution in [0, 0.1) is 0 Å². The van der Waals surface area contributed by atoms with E-state index in [1.807, 2.05) is 10.7 Å². The number of rotatable bonds is 1. The maximum absolute atomic E-state index is 10.8. The monoisotopic (exact) mass is 179 g/mol. The van der Waals surface area contributed by atoms with Crippen LogP contribution in [-0.4, -0.2) is 15.7 Å². The Hall–Kier alpha value is -1.32. The van der Waals surface area contributed by atoms with Gasteiger partial charge in [-0.15, -0.1) is 0 Å². The van der Waals surface area contributed by atoms with Crippen LogP contribution in [0.1, 0.15) is 25.5 Å². The lowest BCUT2D eigenvalue weighted by Gasteiger charge is -2.11. The lowest BCUT2D eigenvalue weighted by molar-refractivity contribution is -0.114. The largest absolute Gasteiger partial charge is 0.309 e. The molecule has 0 saturated carbocycles. The normalized spacial score (nSPS) is 15.2. The quantitative estimate of drug-likeness (QED) is 0.703. The number of nitrogens with one attached hydrogen (secondary N) is 1. The molecule has 0 bridgehead atoms. The summed E-state index contributed by atoms with van der Waals surface area (Å²) in [6.45, 7) is 2.48. The predicted molar refractivity (Wildman–Crippen MR) is 49.5 cm³/mol. The van der Waals surface area contributed by atoms with Gasteiger partial charge in [-0.05, 0) is 19.3 Å². The van der Waals surface area contributed by atoms with Gasteiger partial charge in [0, 0.05) is 25.2 Å². The Morgan fingerprint density at radius 3 is 3.15 bits per heavy atom. The predicted octanol–water partition coefficient (Wildman–Crippen LogP) is 1.18. The molecule has 1 aliphatic heterocycles. The number of amides is 1. The number of carbonyl (C=O) groups is 1. The van der Waals surface area contributed by atoms with Gasteiger partial charge < -0.3 is 5.32 Å². The van der Waals surface area contributed by atoms with Gasteiger partial charge in [-0.2, -0.15) is 5.10 Å². The molecule has 1 amide bonds. The first-order valence-electron chi connectivity index (χ1n) is 4.60. The molecule has 0 fully saturated rings. The van der Waals surface area contributed by atoms with Gasteiger partial charge in [-0.25, -0.2) is 0 Å². The standard InChI is InChI=1S/C9H13N3O/c1-7(13)10-9-6-8-4-2-3-5-12(8)11-9/h6H,2-5H2,1H3,(H,10,11,13). The Labute approximate surface area is 76.9 Å². The third-order valence-electron chi connectivity index (χ3n) is 2.22.